The third kappa shape index (κ3) is 4.54. The van der Waals surface area contributed by atoms with Gasteiger partial charge in [-0.3, -0.25) is 9.59 Å². The summed E-state index contributed by atoms with van der Waals surface area (Å²) < 4.78 is 0. The van der Waals surface area contributed by atoms with Crippen LogP contribution in [-0.2, 0) is 4.79 Å². The molecule has 2 heterocycles. The molecule has 2 aromatic rings. The molecule has 2 amide bonds. The van der Waals surface area contributed by atoms with Crippen LogP contribution in [0.1, 0.15) is 29.8 Å². The number of carbonyl (C=O) groups is 2. The lowest BCUT2D eigenvalue weighted by Gasteiger charge is -2.30. The van der Waals surface area contributed by atoms with Crippen molar-refractivity contribution in [2.75, 3.05) is 26.2 Å². The third-order valence-corrected chi connectivity index (χ3v) is 4.76. The van der Waals surface area contributed by atoms with Gasteiger partial charge in [0.2, 0.25) is 5.91 Å². The van der Waals surface area contributed by atoms with E-state index in [1.54, 1.807) is 6.07 Å². The van der Waals surface area contributed by atoms with Gasteiger partial charge >= 0.3 is 0 Å². The maximum absolute atomic E-state index is 12.2. The SMILES string of the molecule is NC(=O)C1CCN(CCCNC(=O)c2ccc3ccccc3n2)CC1. The van der Waals surface area contributed by atoms with Crippen LogP contribution < -0.4 is 11.1 Å². The zero-order chi connectivity index (χ0) is 17.6. The van der Waals surface area contributed by atoms with E-state index < -0.39 is 0 Å². The zero-order valence-electron chi connectivity index (χ0n) is 14.3. The van der Waals surface area contributed by atoms with Crippen LogP contribution in [0.4, 0.5) is 0 Å². The Kier molecular flexibility index (Phi) is 5.60. The smallest absolute Gasteiger partial charge is 0.269 e. The molecular weight excluding hydrogens is 316 g/mol. The maximum Gasteiger partial charge on any atom is 0.269 e. The lowest BCUT2D eigenvalue weighted by Crippen LogP contribution is -2.39. The van der Waals surface area contributed by atoms with Gasteiger partial charge in [-0.15, -0.1) is 0 Å². The first-order chi connectivity index (χ1) is 12.1. The summed E-state index contributed by atoms with van der Waals surface area (Å²) in [6.45, 7) is 3.32. The van der Waals surface area contributed by atoms with Crippen LogP contribution in [0, 0.1) is 5.92 Å². The number of nitrogens with two attached hydrogens (primary N) is 1. The molecule has 3 rings (SSSR count). The van der Waals surface area contributed by atoms with Gasteiger partial charge in [-0.1, -0.05) is 24.3 Å². The highest BCUT2D eigenvalue weighted by Crippen LogP contribution is 2.16. The number of hydrogen-bond donors (Lipinski definition) is 2. The van der Waals surface area contributed by atoms with Gasteiger partial charge in [0.25, 0.3) is 5.91 Å². The highest BCUT2D eigenvalue weighted by atomic mass is 16.2. The van der Waals surface area contributed by atoms with Gasteiger partial charge in [0.1, 0.15) is 5.69 Å². The standard InChI is InChI=1S/C19H24N4O2/c20-18(24)15-8-12-23(13-9-15)11-3-10-21-19(25)17-7-6-14-4-1-2-5-16(14)22-17/h1-2,4-7,15H,3,8-13H2,(H2,20,24)(H,21,25). The fourth-order valence-electron chi connectivity index (χ4n) is 3.23. The molecule has 1 aromatic carbocycles. The predicted molar refractivity (Wildman–Crippen MR) is 97.1 cm³/mol. The second-order valence-electron chi connectivity index (χ2n) is 6.52. The number of amides is 2. The summed E-state index contributed by atoms with van der Waals surface area (Å²) in [4.78, 5) is 30.1. The highest BCUT2D eigenvalue weighted by molar-refractivity contribution is 5.94. The van der Waals surface area contributed by atoms with Crippen LogP contribution in [0.3, 0.4) is 0 Å². The molecule has 3 N–H and O–H groups in total. The summed E-state index contributed by atoms with van der Waals surface area (Å²) in [5.41, 5.74) is 6.62. The molecule has 1 aliphatic rings. The number of nitrogens with one attached hydrogen (secondary N) is 1. The molecule has 0 aliphatic carbocycles. The molecule has 0 unspecified atom stereocenters. The Hall–Kier alpha value is -2.47. The first-order valence-electron chi connectivity index (χ1n) is 8.79. The van der Waals surface area contributed by atoms with Gasteiger partial charge in [-0.2, -0.15) is 0 Å². The van der Waals surface area contributed by atoms with Crippen molar-refractivity contribution in [2.45, 2.75) is 19.3 Å². The number of benzene rings is 1. The molecule has 1 aliphatic heterocycles. The molecule has 1 aromatic heterocycles. The minimum atomic E-state index is -0.185. The lowest BCUT2D eigenvalue weighted by atomic mass is 9.96. The predicted octanol–water partition coefficient (Wildman–Crippen LogP) is 1.55. The Bertz CT molecular complexity index is 754. The summed E-state index contributed by atoms with van der Waals surface area (Å²) in [5.74, 6) is -0.303. The Labute approximate surface area is 147 Å². The van der Waals surface area contributed by atoms with Gasteiger partial charge in [0.05, 0.1) is 5.52 Å². The van der Waals surface area contributed by atoms with E-state index in [-0.39, 0.29) is 17.7 Å². The van der Waals surface area contributed by atoms with Crippen molar-refractivity contribution in [1.82, 2.24) is 15.2 Å². The zero-order valence-corrected chi connectivity index (χ0v) is 14.3. The summed E-state index contributed by atoms with van der Waals surface area (Å²) in [6, 6.07) is 11.4. The quantitative estimate of drug-likeness (QED) is 0.781. The minimum Gasteiger partial charge on any atom is -0.369 e. The van der Waals surface area contributed by atoms with Crippen LogP contribution in [0.15, 0.2) is 36.4 Å². The molecule has 0 spiro atoms. The van der Waals surface area contributed by atoms with E-state index in [1.165, 1.54) is 0 Å². The normalized spacial score (nSPS) is 16.0. The van der Waals surface area contributed by atoms with Crippen LogP contribution in [0.25, 0.3) is 10.9 Å². The number of aromatic nitrogens is 1. The van der Waals surface area contributed by atoms with Crippen LogP contribution in [-0.4, -0.2) is 47.9 Å². The summed E-state index contributed by atoms with van der Waals surface area (Å²) >= 11 is 0. The molecule has 132 valence electrons. The van der Waals surface area contributed by atoms with Crippen LogP contribution in [0.2, 0.25) is 0 Å². The number of hydrogen-bond acceptors (Lipinski definition) is 4. The van der Waals surface area contributed by atoms with E-state index >= 15 is 0 Å². The number of rotatable bonds is 6. The fraction of sp³-hybridized carbons (Fsp3) is 0.421. The monoisotopic (exact) mass is 340 g/mol. The number of carbonyl (C=O) groups excluding carboxylic acids is 2. The third-order valence-electron chi connectivity index (χ3n) is 4.76. The maximum atomic E-state index is 12.2. The second kappa shape index (κ2) is 8.07. The van der Waals surface area contributed by atoms with E-state index in [0.717, 1.165) is 49.8 Å². The first-order valence-corrected chi connectivity index (χ1v) is 8.79. The van der Waals surface area contributed by atoms with Gasteiger partial charge in [-0.05, 0) is 51.0 Å². The molecular formula is C19H24N4O2. The van der Waals surface area contributed by atoms with Crippen molar-refractivity contribution < 1.29 is 9.59 Å². The van der Waals surface area contributed by atoms with E-state index in [1.807, 2.05) is 30.3 Å². The van der Waals surface area contributed by atoms with Crippen molar-refractivity contribution in [3.63, 3.8) is 0 Å². The molecule has 0 radical (unpaired) electrons. The Morgan fingerprint density at radius 3 is 2.68 bits per heavy atom. The van der Waals surface area contributed by atoms with E-state index in [2.05, 4.69) is 15.2 Å². The molecule has 6 nitrogen and oxygen atoms in total. The Morgan fingerprint density at radius 2 is 1.92 bits per heavy atom. The molecule has 0 saturated carbocycles. The van der Waals surface area contributed by atoms with Crippen molar-refractivity contribution in [3.8, 4) is 0 Å². The van der Waals surface area contributed by atoms with Gasteiger partial charge in [0.15, 0.2) is 0 Å². The lowest BCUT2D eigenvalue weighted by molar-refractivity contribution is -0.123. The van der Waals surface area contributed by atoms with E-state index in [4.69, 9.17) is 5.73 Å². The Balaban J connectivity index is 1.41. The minimum absolute atomic E-state index is 0.0231. The largest absolute Gasteiger partial charge is 0.369 e. The van der Waals surface area contributed by atoms with Crippen molar-refractivity contribution in [3.05, 3.63) is 42.1 Å². The molecule has 1 fully saturated rings. The number of para-hydroxylation sites is 1. The molecule has 0 atom stereocenters. The molecule has 6 heteroatoms. The number of fused-ring (bicyclic) bond motifs is 1. The molecule has 1 saturated heterocycles. The van der Waals surface area contributed by atoms with Gasteiger partial charge in [-0.25, -0.2) is 4.98 Å². The number of nitrogens with zero attached hydrogens (tertiary/aromatic N) is 2. The highest BCUT2D eigenvalue weighted by Gasteiger charge is 2.22. The topological polar surface area (TPSA) is 88.3 Å². The summed E-state index contributed by atoms with van der Waals surface area (Å²) in [5, 5.41) is 3.95. The fourth-order valence-corrected chi connectivity index (χ4v) is 3.23. The molecule has 25 heavy (non-hydrogen) atoms. The average molecular weight is 340 g/mol. The number of piperidine rings is 1. The summed E-state index contributed by atoms with van der Waals surface area (Å²) in [7, 11) is 0. The van der Waals surface area contributed by atoms with Crippen molar-refractivity contribution in [1.29, 1.82) is 0 Å². The molecule has 0 bridgehead atoms. The number of likely N-dealkylation sites (tertiary alicyclic amines) is 1. The first kappa shape index (κ1) is 17.4. The van der Waals surface area contributed by atoms with Gasteiger partial charge < -0.3 is 16.0 Å². The van der Waals surface area contributed by atoms with E-state index in [0.29, 0.717) is 12.2 Å². The Morgan fingerprint density at radius 1 is 1.16 bits per heavy atom. The number of primary amides is 1. The van der Waals surface area contributed by atoms with Crippen LogP contribution >= 0.6 is 0 Å². The number of pyridine rings is 1. The van der Waals surface area contributed by atoms with Crippen LogP contribution in [0.5, 0.6) is 0 Å². The van der Waals surface area contributed by atoms with E-state index in [9.17, 15) is 9.59 Å². The van der Waals surface area contributed by atoms with Crippen molar-refractivity contribution in [2.24, 2.45) is 11.7 Å². The average Bonchev–Trinajstić information content (AvgIpc) is 2.65. The van der Waals surface area contributed by atoms with Gasteiger partial charge in [0, 0.05) is 17.8 Å². The summed E-state index contributed by atoms with van der Waals surface area (Å²) in [6.07, 6.45) is 2.55. The second-order valence-corrected chi connectivity index (χ2v) is 6.52. The van der Waals surface area contributed by atoms with Crippen molar-refractivity contribution >= 4 is 22.7 Å².